The minimum absolute atomic E-state index is 0.219. The van der Waals surface area contributed by atoms with Crippen LogP contribution >= 0.6 is 0 Å². The molecule has 0 spiro atoms. The van der Waals surface area contributed by atoms with Gasteiger partial charge >= 0.3 is 0 Å². The van der Waals surface area contributed by atoms with Crippen LogP contribution in [0.5, 0.6) is 0 Å². The summed E-state index contributed by atoms with van der Waals surface area (Å²) in [6, 6.07) is 7.34. The summed E-state index contributed by atoms with van der Waals surface area (Å²) in [7, 11) is -3.34. The van der Waals surface area contributed by atoms with Crippen LogP contribution in [0.25, 0.3) is 0 Å². The summed E-state index contributed by atoms with van der Waals surface area (Å²) in [5.74, 6) is -0.850. The normalized spacial score (nSPS) is 25.1. The summed E-state index contributed by atoms with van der Waals surface area (Å²) in [6.07, 6.45) is 3.91. The molecule has 0 heterocycles. The van der Waals surface area contributed by atoms with Crippen LogP contribution in [0.2, 0.25) is 0 Å². The van der Waals surface area contributed by atoms with E-state index < -0.39 is 21.5 Å². The topological polar surface area (TPSA) is 89.3 Å². The molecule has 22 heavy (non-hydrogen) atoms. The molecule has 3 N–H and O–H groups in total. The minimum atomic E-state index is -3.34. The van der Waals surface area contributed by atoms with E-state index in [1.165, 1.54) is 0 Å². The lowest BCUT2D eigenvalue weighted by molar-refractivity contribution is -0.119. The standard InChI is InChI=1S/C16H22N2O3S/c17-16-13-8-4-1-5-11(13)9-14(16)18-15(19)10-22(20,21)12-6-2-3-7-12/h1,4-5,8,12,14,16H,2-3,6-7,9-10,17H2,(H,18,19)/t14-,16-/m1/s1. The summed E-state index contributed by atoms with van der Waals surface area (Å²) in [5, 5.41) is 2.47. The molecule has 0 bridgehead atoms. The molecule has 0 radical (unpaired) electrons. The Balaban J connectivity index is 1.61. The van der Waals surface area contributed by atoms with Crippen molar-refractivity contribution in [2.75, 3.05) is 5.75 Å². The van der Waals surface area contributed by atoms with E-state index in [0.29, 0.717) is 19.3 Å². The molecule has 3 rings (SSSR count). The smallest absolute Gasteiger partial charge is 0.235 e. The fourth-order valence-electron chi connectivity index (χ4n) is 3.56. The van der Waals surface area contributed by atoms with Crippen LogP contribution in [-0.4, -0.2) is 31.4 Å². The number of fused-ring (bicyclic) bond motifs is 1. The number of benzene rings is 1. The number of carbonyl (C=O) groups excluding carboxylic acids is 1. The Morgan fingerprint density at radius 3 is 2.59 bits per heavy atom. The maximum atomic E-state index is 12.2. The van der Waals surface area contributed by atoms with E-state index in [9.17, 15) is 13.2 Å². The van der Waals surface area contributed by atoms with E-state index in [0.717, 1.165) is 24.0 Å². The van der Waals surface area contributed by atoms with Crippen molar-refractivity contribution in [2.45, 2.75) is 49.4 Å². The van der Waals surface area contributed by atoms with Crippen LogP contribution in [0, 0.1) is 0 Å². The first-order valence-corrected chi connectivity index (χ1v) is 9.53. The predicted octanol–water partition coefficient (Wildman–Crippen LogP) is 1.08. The van der Waals surface area contributed by atoms with Gasteiger partial charge in [-0.3, -0.25) is 4.79 Å². The zero-order valence-corrected chi connectivity index (χ0v) is 13.3. The third-order valence-corrected chi connectivity index (χ3v) is 6.93. The highest BCUT2D eigenvalue weighted by atomic mass is 32.2. The molecular formula is C16H22N2O3S. The van der Waals surface area contributed by atoms with Crippen LogP contribution < -0.4 is 11.1 Å². The lowest BCUT2D eigenvalue weighted by atomic mass is 10.1. The highest BCUT2D eigenvalue weighted by molar-refractivity contribution is 7.92. The first-order valence-electron chi connectivity index (χ1n) is 7.82. The van der Waals surface area contributed by atoms with E-state index >= 15 is 0 Å². The number of hydrogen-bond donors (Lipinski definition) is 2. The van der Waals surface area contributed by atoms with Crippen molar-refractivity contribution in [3.63, 3.8) is 0 Å². The SMILES string of the molecule is N[C@@H]1c2ccccc2C[C@H]1NC(=O)CS(=O)(=O)C1CCCC1. The average Bonchev–Trinajstić information content (AvgIpc) is 3.09. The lowest BCUT2D eigenvalue weighted by Crippen LogP contribution is -2.44. The Hall–Kier alpha value is -1.40. The van der Waals surface area contributed by atoms with Crippen molar-refractivity contribution in [3.05, 3.63) is 35.4 Å². The van der Waals surface area contributed by atoms with Crippen molar-refractivity contribution in [1.82, 2.24) is 5.32 Å². The molecule has 1 aromatic carbocycles. The van der Waals surface area contributed by atoms with Gasteiger partial charge in [0, 0.05) is 0 Å². The lowest BCUT2D eigenvalue weighted by Gasteiger charge is -2.18. The van der Waals surface area contributed by atoms with Gasteiger partial charge in [0.1, 0.15) is 5.75 Å². The zero-order chi connectivity index (χ0) is 15.7. The molecule has 5 nitrogen and oxygen atoms in total. The van der Waals surface area contributed by atoms with E-state index in [4.69, 9.17) is 5.73 Å². The molecule has 0 unspecified atom stereocenters. The summed E-state index contributed by atoms with van der Waals surface area (Å²) in [6.45, 7) is 0. The first kappa shape index (κ1) is 15.5. The average molecular weight is 322 g/mol. The number of nitrogens with two attached hydrogens (primary N) is 1. The number of nitrogens with one attached hydrogen (secondary N) is 1. The van der Waals surface area contributed by atoms with Crippen LogP contribution in [0.15, 0.2) is 24.3 Å². The molecule has 2 aliphatic rings. The molecule has 120 valence electrons. The predicted molar refractivity (Wildman–Crippen MR) is 85.0 cm³/mol. The first-order chi connectivity index (χ1) is 10.5. The second kappa shape index (κ2) is 6.01. The summed E-state index contributed by atoms with van der Waals surface area (Å²) < 4.78 is 24.4. The Labute approximate surface area is 131 Å². The van der Waals surface area contributed by atoms with E-state index in [-0.39, 0.29) is 17.3 Å². The molecule has 0 saturated heterocycles. The van der Waals surface area contributed by atoms with Crippen molar-refractivity contribution in [2.24, 2.45) is 5.73 Å². The summed E-state index contributed by atoms with van der Waals surface area (Å²) in [5.41, 5.74) is 8.32. The molecule has 0 aliphatic heterocycles. The zero-order valence-electron chi connectivity index (χ0n) is 12.5. The Morgan fingerprint density at radius 1 is 1.23 bits per heavy atom. The molecule has 1 aromatic rings. The quantitative estimate of drug-likeness (QED) is 0.868. The Morgan fingerprint density at radius 2 is 1.91 bits per heavy atom. The van der Waals surface area contributed by atoms with Crippen LogP contribution in [0.3, 0.4) is 0 Å². The second-order valence-electron chi connectivity index (χ2n) is 6.32. The molecule has 2 atom stereocenters. The number of sulfone groups is 1. The van der Waals surface area contributed by atoms with Crippen molar-refractivity contribution in [1.29, 1.82) is 0 Å². The summed E-state index contributed by atoms with van der Waals surface area (Å²) >= 11 is 0. The second-order valence-corrected chi connectivity index (χ2v) is 8.60. The van der Waals surface area contributed by atoms with Crippen LogP contribution in [0.4, 0.5) is 0 Å². The third-order valence-electron chi connectivity index (χ3n) is 4.78. The number of amides is 1. The van der Waals surface area contributed by atoms with Crippen molar-refractivity contribution in [3.8, 4) is 0 Å². The van der Waals surface area contributed by atoms with Gasteiger partial charge in [-0.25, -0.2) is 8.42 Å². The van der Waals surface area contributed by atoms with Crippen LogP contribution in [-0.2, 0) is 21.1 Å². The fraction of sp³-hybridized carbons (Fsp3) is 0.562. The van der Waals surface area contributed by atoms with E-state index in [2.05, 4.69) is 5.32 Å². The fourth-order valence-corrected chi connectivity index (χ4v) is 5.30. The molecule has 1 amide bonds. The van der Waals surface area contributed by atoms with Gasteiger partial charge in [0.05, 0.1) is 17.3 Å². The number of hydrogen-bond acceptors (Lipinski definition) is 4. The van der Waals surface area contributed by atoms with Gasteiger partial charge in [-0.2, -0.15) is 0 Å². The van der Waals surface area contributed by atoms with Gasteiger partial charge in [-0.1, -0.05) is 37.1 Å². The highest BCUT2D eigenvalue weighted by Gasteiger charge is 2.34. The molecule has 1 saturated carbocycles. The molecule has 0 aromatic heterocycles. The van der Waals surface area contributed by atoms with Crippen LogP contribution in [0.1, 0.15) is 42.9 Å². The van der Waals surface area contributed by atoms with Crippen molar-refractivity contribution < 1.29 is 13.2 Å². The van der Waals surface area contributed by atoms with Gasteiger partial charge in [-0.15, -0.1) is 0 Å². The van der Waals surface area contributed by atoms with Gasteiger partial charge in [-0.05, 0) is 30.4 Å². The van der Waals surface area contributed by atoms with E-state index in [1.807, 2.05) is 24.3 Å². The maximum absolute atomic E-state index is 12.2. The Bertz CT molecular complexity index is 666. The number of carbonyl (C=O) groups is 1. The minimum Gasteiger partial charge on any atom is -0.350 e. The number of rotatable bonds is 4. The van der Waals surface area contributed by atoms with Gasteiger partial charge in [0.2, 0.25) is 5.91 Å². The summed E-state index contributed by atoms with van der Waals surface area (Å²) in [4.78, 5) is 12.1. The molecule has 6 heteroatoms. The third kappa shape index (κ3) is 3.03. The largest absolute Gasteiger partial charge is 0.350 e. The van der Waals surface area contributed by atoms with Gasteiger partial charge < -0.3 is 11.1 Å². The van der Waals surface area contributed by atoms with Crippen molar-refractivity contribution >= 4 is 15.7 Å². The Kier molecular flexibility index (Phi) is 4.23. The molecular weight excluding hydrogens is 300 g/mol. The molecule has 2 aliphatic carbocycles. The highest BCUT2D eigenvalue weighted by Crippen LogP contribution is 2.29. The monoisotopic (exact) mass is 322 g/mol. The van der Waals surface area contributed by atoms with Gasteiger partial charge in [0.25, 0.3) is 0 Å². The molecule has 1 fully saturated rings. The van der Waals surface area contributed by atoms with E-state index in [1.54, 1.807) is 0 Å². The maximum Gasteiger partial charge on any atom is 0.235 e. The van der Waals surface area contributed by atoms with Gasteiger partial charge in [0.15, 0.2) is 9.84 Å².